The van der Waals surface area contributed by atoms with Gasteiger partial charge in [0.25, 0.3) is 5.91 Å². The van der Waals surface area contributed by atoms with Gasteiger partial charge in [0.1, 0.15) is 11.6 Å². The summed E-state index contributed by atoms with van der Waals surface area (Å²) in [5.74, 6) is -0.810. The van der Waals surface area contributed by atoms with Crippen molar-refractivity contribution in [3.63, 3.8) is 0 Å². The maximum Gasteiger partial charge on any atom is 0.252 e. The average Bonchev–Trinajstić information content (AvgIpc) is 3.05. The summed E-state index contributed by atoms with van der Waals surface area (Å²) in [6.45, 7) is 1.95. The predicted octanol–water partition coefficient (Wildman–Crippen LogP) is 1.55. The van der Waals surface area contributed by atoms with Crippen LogP contribution in [-0.4, -0.2) is 35.1 Å². The molecule has 2 heterocycles. The van der Waals surface area contributed by atoms with Gasteiger partial charge in [0, 0.05) is 12.7 Å². The predicted molar refractivity (Wildman–Crippen MR) is 87.6 cm³/mol. The lowest BCUT2D eigenvalue weighted by molar-refractivity contribution is 0.0998. The summed E-state index contributed by atoms with van der Waals surface area (Å²) in [7, 11) is -3.80. The van der Waals surface area contributed by atoms with Gasteiger partial charge in [0.2, 0.25) is 10.0 Å². The highest BCUT2D eigenvalue weighted by Crippen LogP contribution is 2.35. The molecular formula is C16H17FN4O3S. The van der Waals surface area contributed by atoms with Crippen molar-refractivity contribution in [3.8, 4) is 0 Å². The average molecular weight is 364 g/mol. The molecule has 1 amide bonds. The minimum Gasteiger partial charge on any atom is -0.365 e. The van der Waals surface area contributed by atoms with Gasteiger partial charge >= 0.3 is 0 Å². The molecule has 0 saturated carbocycles. The number of sulfonamides is 1. The molecule has 1 aromatic heterocycles. The van der Waals surface area contributed by atoms with Crippen molar-refractivity contribution < 1.29 is 17.6 Å². The minimum absolute atomic E-state index is 0.0197. The third kappa shape index (κ3) is 3.24. The number of nitrogens with zero attached hydrogens (tertiary/aromatic N) is 3. The third-order valence-corrected chi connectivity index (χ3v) is 6.11. The van der Waals surface area contributed by atoms with E-state index >= 15 is 0 Å². The normalized spacial score (nSPS) is 18.4. The van der Waals surface area contributed by atoms with E-state index in [1.807, 2.05) is 0 Å². The van der Waals surface area contributed by atoms with Crippen molar-refractivity contribution in [2.45, 2.75) is 30.7 Å². The summed E-state index contributed by atoms with van der Waals surface area (Å²) in [5, 5.41) is 0. The Morgan fingerprint density at radius 2 is 2.00 bits per heavy atom. The van der Waals surface area contributed by atoms with Crippen LogP contribution >= 0.6 is 0 Å². The Morgan fingerprint density at radius 1 is 1.32 bits per heavy atom. The van der Waals surface area contributed by atoms with Gasteiger partial charge in [-0.1, -0.05) is 0 Å². The van der Waals surface area contributed by atoms with Crippen molar-refractivity contribution in [1.82, 2.24) is 14.3 Å². The maximum absolute atomic E-state index is 13.1. The Bertz CT molecular complexity index is 915. The Balaban J connectivity index is 1.96. The van der Waals surface area contributed by atoms with Crippen LogP contribution in [0.3, 0.4) is 0 Å². The summed E-state index contributed by atoms with van der Waals surface area (Å²) in [4.78, 5) is 19.7. The summed E-state index contributed by atoms with van der Waals surface area (Å²) in [6, 6.07) is 4.17. The number of carbonyl (C=O) groups excluding carboxylic acids is 1. The molecule has 2 aromatic rings. The fraction of sp³-hybridized carbons (Fsp3) is 0.312. The lowest BCUT2D eigenvalue weighted by Gasteiger charge is -2.23. The SMILES string of the molecule is Cc1nc([C@@H]2CCCN2S(=O)(=O)c2ccc(F)cc2)ncc1C(N)=O. The van der Waals surface area contributed by atoms with E-state index in [2.05, 4.69) is 9.97 Å². The van der Waals surface area contributed by atoms with Gasteiger partial charge in [0.05, 0.1) is 22.2 Å². The largest absolute Gasteiger partial charge is 0.365 e. The van der Waals surface area contributed by atoms with Gasteiger partial charge in [-0.25, -0.2) is 22.8 Å². The van der Waals surface area contributed by atoms with E-state index in [9.17, 15) is 17.6 Å². The highest BCUT2D eigenvalue weighted by Gasteiger charge is 2.38. The standard InChI is InChI=1S/C16H17FN4O3S/c1-10-13(15(18)22)9-19-16(20-10)14-3-2-8-21(14)25(23,24)12-6-4-11(17)5-7-12/h4-7,9,14H,2-3,8H2,1H3,(H2,18,22)/t14-/m0/s1. The lowest BCUT2D eigenvalue weighted by Crippen LogP contribution is -2.32. The first-order valence-electron chi connectivity index (χ1n) is 7.71. The van der Waals surface area contributed by atoms with E-state index in [0.29, 0.717) is 30.9 Å². The number of benzene rings is 1. The molecule has 1 aromatic carbocycles. The number of aromatic nitrogens is 2. The molecule has 7 nitrogen and oxygen atoms in total. The van der Waals surface area contributed by atoms with Crippen LogP contribution in [0.15, 0.2) is 35.4 Å². The molecule has 3 rings (SSSR count). The summed E-state index contributed by atoms with van der Waals surface area (Å²) >= 11 is 0. The zero-order valence-electron chi connectivity index (χ0n) is 13.5. The van der Waals surface area contributed by atoms with E-state index in [0.717, 1.165) is 12.1 Å². The van der Waals surface area contributed by atoms with Crippen LogP contribution in [0.2, 0.25) is 0 Å². The Hall–Kier alpha value is -2.39. The van der Waals surface area contributed by atoms with Crippen LogP contribution in [0.1, 0.15) is 40.8 Å². The molecule has 2 N–H and O–H groups in total. The van der Waals surface area contributed by atoms with E-state index < -0.39 is 27.8 Å². The zero-order valence-corrected chi connectivity index (χ0v) is 14.3. The molecule has 0 aliphatic carbocycles. The van der Waals surface area contributed by atoms with Crippen molar-refractivity contribution in [2.75, 3.05) is 6.54 Å². The summed E-state index contributed by atoms with van der Waals surface area (Å²) in [5.41, 5.74) is 5.86. The summed E-state index contributed by atoms with van der Waals surface area (Å²) in [6.07, 6.45) is 2.54. The minimum atomic E-state index is -3.80. The fourth-order valence-electron chi connectivity index (χ4n) is 2.92. The van der Waals surface area contributed by atoms with Crippen molar-refractivity contribution in [3.05, 3.63) is 53.4 Å². The number of carbonyl (C=O) groups is 1. The summed E-state index contributed by atoms with van der Waals surface area (Å²) < 4.78 is 40.1. The second kappa shape index (κ2) is 6.49. The quantitative estimate of drug-likeness (QED) is 0.886. The molecule has 0 bridgehead atoms. The van der Waals surface area contributed by atoms with Gasteiger partial charge in [-0.15, -0.1) is 0 Å². The van der Waals surface area contributed by atoms with Crippen molar-refractivity contribution in [1.29, 1.82) is 0 Å². The van der Waals surface area contributed by atoms with Crippen LogP contribution < -0.4 is 5.73 Å². The molecule has 1 fully saturated rings. The van der Waals surface area contributed by atoms with Crippen molar-refractivity contribution in [2.24, 2.45) is 5.73 Å². The molecule has 1 aliphatic heterocycles. The molecule has 0 radical (unpaired) electrons. The van der Waals surface area contributed by atoms with Gasteiger partial charge in [-0.05, 0) is 44.0 Å². The molecule has 25 heavy (non-hydrogen) atoms. The third-order valence-electron chi connectivity index (χ3n) is 4.19. The Kier molecular flexibility index (Phi) is 4.53. The number of rotatable bonds is 4. The number of amides is 1. The Labute approximate surface area is 144 Å². The van der Waals surface area contributed by atoms with Crippen LogP contribution in [0.5, 0.6) is 0 Å². The smallest absolute Gasteiger partial charge is 0.252 e. The number of nitrogens with two attached hydrogens (primary N) is 1. The van der Waals surface area contributed by atoms with E-state index in [1.54, 1.807) is 6.92 Å². The van der Waals surface area contributed by atoms with Crippen LogP contribution in [0.4, 0.5) is 4.39 Å². The van der Waals surface area contributed by atoms with Crippen LogP contribution in [-0.2, 0) is 10.0 Å². The highest BCUT2D eigenvalue weighted by atomic mass is 32.2. The molecular weight excluding hydrogens is 347 g/mol. The first-order valence-corrected chi connectivity index (χ1v) is 9.15. The lowest BCUT2D eigenvalue weighted by atomic mass is 10.2. The first kappa shape index (κ1) is 17.4. The molecule has 9 heteroatoms. The number of hydrogen-bond donors (Lipinski definition) is 1. The van der Waals surface area contributed by atoms with E-state index in [-0.39, 0.29) is 10.5 Å². The van der Waals surface area contributed by atoms with Crippen molar-refractivity contribution >= 4 is 15.9 Å². The number of hydrogen-bond acceptors (Lipinski definition) is 5. The van der Waals surface area contributed by atoms with Gasteiger partial charge in [0.15, 0.2) is 0 Å². The zero-order chi connectivity index (χ0) is 18.2. The molecule has 0 unspecified atom stereocenters. The van der Waals surface area contributed by atoms with E-state index in [4.69, 9.17) is 5.73 Å². The molecule has 0 spiro atoms. The number of halogens is 1. The topological polar surface area (TPSA) is 106 Å². The van der Waals surface area contributed by atoms with Crippen LogP contribution in [0.25, 0.3) is 0 Å². The van der Waals surface area contributed by atoms with E-state index in [1.165, 1.54) is 22.6 Å². The Morgan fingerprint density at radius 3 is 2.60 bits per heavy atom. The molecule has 132 valence electrons. The second-order valence-corrected chi connectivity index (χ2v) is 7.71. The fourth-order valence-corrected chi connectivity index (χ4v) is 4.57. The van der Waals surface area contributed by atoms with Gasteiger partial charge in [-0.3, -0.25) is 4.79 Å². The number of aryl methyl sites for hydroxylation is 1. The first-order chi connectivity index (χ1) is 11.8. The van der Waals surface area contributed by atoms with Crippen LogP contribution in [0, 0.1) is 12.7 Å². The maximum atomic E-state index is 13.1. The molecule has 1 atom stereocenters. The van der Waals surface area contributed by atoms with Gasteiger partial charge in [-0.2, -0.15) is 4.31 Å². The number of primary amides is 1. The molecule has 1 saturated heterocycles. The molecule has 1 aliphatic rings. The van der Waals surface area contributed by atoms with Gasteiger partial charge < -0.3 is 5.73 Å². The highest BCUT2D eigenvalue weighted by molar-refractivity contribution is 7.89. The monoisotopic (exact) mass is 364 g/mol. The second-order valence-electron chi connectivity index (χ2n) is 5.82.